The number of rotatable bonds is 8. The maximum absolute atomic E-state index is 12.4. The van der Waals surface area contributed by atoms with Crippen LogP contribution in [0.1, 0.15) is 36.2 Å². The first-order chi connectivity index (χ1) is 15.0. The minimum Gasteiger partial charge on any atom is -0.493 e. The van der Waals surface area contributed by atoms with Gasteiger partial charge in [0.05, 0.1) is 33.6 Å². The lowest BCUT2D eigenvalue weighted by atomic mass is 10.1. The zero-order valence-corrected chi connectivity index (χ0v) is 18.6. The molecule has 0 unspecified atom stereocenters. The van der Waals surface area contributed by atoms with Crippen molar-refractivity contribution < 1.29 is 19.0 Å². The van der Waals surface area contributed by atoms with E-state index in [9.17, 15) is 4.79 Å². The Kier molecular flexibility index (Phi) is 7.70. The lowest BCUT2D eigenvalue weighted by Gasteiger charge is -2.27. The zero-order valence-electron chi connectivity index (χ0n) is 18.6. The van der Waals surface area contributed by atoms with Gasteiger partial charge in [-0.25, -0.2) is 9.97 Å². The van der Waals surface area contributed by atoms with Gasteiger partial charge >= 0.3 is 0 Å². The average Bonchev–Trinajstić information content (AvgIpc) is 2.80. The molecule has 1 fully saturated rings. The minimum atomic E-state index is -0.218. The second-order valence-corrected chi connectivity index (χ2v) is 7.36. The highest BCUT2D eigenvalue weighted by Gasteiger charge is 2.15. The Labute approximate surface area is 183 Å². The van der Waals surface area contributed by atoms with Gasteiger partial charge in [0.1, 0.15) is 0 Å². The monoisotopic (exact) mass is 426 g/mol. The van der Waals surface area contributed by atoms with E-state index < -0.39 is 0 Å². The van der Waals surface area contributed by atoms with Gasteiger partial charge in [-0.15, -0.1) is 0 Å². The Morgan fingerprint density at radius 2 is 1.71 bits per heavy atom. The lowest BCUT2D eigenvalue weighted by Crippen LogP contribution is -2.31. The largest absolute Gasteiger partial charge is 0.493 e. The molecule has 0 spiro atoms. The van der Waals surface area contributed by atoms with E-state index in [0.717, 1.165) is 48.8 Å². The summed E-state index contributed by atoms with van der Waals surface area (Å²) >= 11 is 0. The van der Waals surface area contributed by atoms with E-state index in [1.807, 2.05) is 13.0 Å². The number of anilines is 1. The first kappa shape index (κ1) is 22.4. The molecule has 3 rings (SSSR count). The summed E-state index contributed by atoms with van der Waals surface area (Å²) in [5.74, 6) is 2.10. The van der Waals surface area contributed by atoms with E-state index in [-0.39, 0.29) is 5.91 Å². The molecule has 1 saturated heterocycles. The van der Waals surface area contributed by atoms with E-state index in [1.54, 1.807) is 39.5 Å². The van der Waals surface area contributed by atoms with Crippen LogP contribution in [0.4, 0.5) is 5.95 Å². The fraction of sp³-hybridized carbons (Fsp3) is 0.435. The Balaban J connectivity index is 1.65. The van der Waals surface area contributed by atoms with Crippen LogP contribution in [0, 0.1) is 6.92 Å². The van der Waals surface area contributed by atoms with Crippen molar-refractivity contribution in [3.63, 3.8) is 0 Å². The molecule has 1 aromatic carbocycles. The highest BCUT2D eigenvalue weighted by atomic mass is 16.5. The van der Waals surface area contributed by atoms with E-state index in [0.29, 0.717) is 23.8 Å². The molecular formula is C23H30N4O4. The van der Waals surface area contributed by atoms with Crippen molar-refractivity contribution in [1.82, 2.24) is 15.3 Å². The first-order valence-electron chi connectivity index (χ1n) is 10.4. The van der Waals surface area contributed by atoms with Crippen molar-refractivity contribution in [1.29, 1.82) is 0 Å². The number of nitrogens with zero attached hydrogens (tertiary/aromatic N) is 3. The smallest absolute Gasteiger partial charge is 0.244 e. The fourth-order valence-corrected chi connectivity index (χ4v) is 3.55. The highest BCUT2D eigenvalue weighted by molar-refractivity contribution is 5.91. The summed E-state index contributed by atoms with van der Waals surface area (Å²) in [6.45, 7) is 4.24. The molecule has 8 heteroatoms. The summed E-state index contributed by atoms with van der Waals surface area (Å²) in [5.41, 5.74) is 2.45. The second kappa shape index (κ2) is 10.7. The number of amides is 1. The Morgan fingerprint density at radius 3 is 2.32 bits per heavy atom. The van der Waals surface area contributed by atoms with Crippen molar-refractivity contribution in [3.05, 3.63) is 41.2 Å². The normalized spacial score (nSPS) is 13.9. The topological polar surface area (TPSA) is 85.8 Å². The summed E-state index contributed by atoms with van der Waals surface area (Å²) in [5, 5.41) is 2.88. The molecule has 1 aromatic heterocycles. The molecule has 1 amide bonds. The standard InChI is InChI=1S/C23H30N4O4/c1-16-12-18(26-23(25-16)27-10-6-5-7-11-27)15-24-21(28)9-8-17-13-19(29-2)22(31-4)20(14-17)30-3/h8-9,12-14H,5-7,10-11,15H2,1-4H3,(H,24,28)/b9-8+. The third-order valence-electron chi connectivity index (χ3n) is 5.09. The number of aryl methyl sites for hydroxylation is 1. The first-order valence-corrected chi connectivity index (χ1v) is 10.4. The van der Waals surface area contributed by atoms with Crippen molar-refractivity contribution >= 4 is 17.9 Å². The molecule has 2 aromatic rings. The quantitative estimate of drug-likeness (QED) is 0.649. The summed E-state index contributed by atoms with van der Waals surface area (Å²) in [6.07, 6.45) is 6.75. The lowest BCUT2D eigenvalue weighted by molar-refractivity contribution is -0.116. The molecule has 0 atom stereocenters. The summed E-state index contributed by atoms with van der Waals surface area (Å²) in [4.78, 5) is 23.8. The van der Waals surface area contributed by atoms with Crippen molar-refractivity contribution in [2.45, 2.75) is 32.7 Å². The van der Waals surface area contributed by atoms with Crippen molar-refractivity contribution in [2.75, 3.05) is 39.3 Å². The molecular weight excluding hydrogens is 396 g/mol. The highest BCUT2D eigenvalue weighted by Crippen LogP contribution is 2.38. The Bertz CT molecular complexity index is 914. The zero-order chi connectivity index (χ0) is 22.2. The maximum atomic E-state index is 12.4. The number of piperidine rings is 1. The Morgan fingerprint density at radius 1 is 1.03 bits per heavy atom. The predicted octanol–water partition coefficient (Wildman–Crippen LogP) is 3.13. The van der Waals surface area contributed by atoms with Crippen LogP contribution in [-0.4, -0.2) is 50.3 Å². The molecule has 1 aliphatic heterocycles. The summed E-state index contributed by atoms with van der Waals surface area (Å²) in [6, 6.07) is 5.46. The molecule has 1 N–H and O–H groups in total. The van der Waals surface area contributed by atoms with Gasteiger partial charge in [-0.1, -0.05) is 0 Å². The van der Waals surface area contributed by atoms with Crippen LogP contribution in [0.3, 0.4) is 0 Å². The van der Waals surface area contributed by atoms with E-state index in [1.165, 1.54) is 12.5 Å². The van der Waals surface area contributed by atoms with E-state index in [2.05, 4.69) is 20.2 Å². The number of nitrogens with one attached hydrogen (secondary N) is 1. The molecule has 0 radical (unpaired) electrons. The summed E-state index contributed by atoms with van der Waals surface area (Å²) < 4.78 is 16.0. The molecule has 31 heavy (non-hydrogen) atoms. The minimum absolute atomic E-state index is 0.218. The number of benzene rings is 1. The van der Waals surface area contributed by atoms with Crippen molar-refractivity contribution in [2.24, 2.45) is 0 Å². The number of carbonyl (C=O) groups excluding carboxylic acids is 1. The van der Waals surface area contributed by atoms with E-state index >= 15 is 0 Å². The van der Waals surface area contributed by atoms with Crippen LogP contribution >= 0.6 is 0 Å². The van der Waals surface area contributed by atoms with E-state index in [4.69, 9.17) is 14.2 Å². The van der Waals surface area contributed by atoms with Gasteiger partial charge in [0.2, 0.25) is 17.6 Å². The van der Waals surface area contributed by atoms with Crippen molar-refractivity contribution in [3.8, 4) is 17.2 Å². The van der Waals surface area contributed by atoms with Gasteiger partial charge in [0, 0.05) is 24.9 Å². The molecule has 2 heterocycles. The van der Waals surface area contributed by atoms with Crippen LogP contribution in [-0.2, 0) is 11.3 Å². The second-order valence-electron chi connectivity index (χ2n) is 7.36. The van der Waals surface area contributed by atoms with Gasteiger partial charge in [-0.05, 0) is 56.0 Å². The number of methoxy groups -OCH3 is 3. The van der Waals surface area contributed by atoms with Gasteiger partial charge < -0.3 is 24.4 Å². The maximum Gasteiger partial charge on any atom is 0.244 e. The van der Waals surface area contributed by atoms with Crippen LogP contribution in [0.5, 0.6) is 17.2 Å². The molecule has 8 nitrogen and oxygen atoms in total. The molecule has 166 valence electrons. The number of hydrogen-bond acceptors (Lipinski definition) is 7. The van der Waals surface area contributed by atoms with Crippen LogP contribution in [0.15, 0.2) is 24.3 Å². The number of aromatic nitrogens is 2. The number of ether oxygens (including phenoxy) is 3. The van der Waals surface area contributed by atoms with Gasteiger partial charge in [0.25, 0.3) is 0 Å². The Hall–Kier alpha value is -3.29. The van der Waals surface area contributed by atoms with Gasteiger partial charge in [-0.3, -0.25) is 4.79 Å². The predicted molar refractivity (Wildman–Crippen MR) is 120 cm³/mol. The third kappa shape index (κ3) is 5.87. The van der Waals surface area contributed by atoms with Gasteiger partial charge in [-0.2, -0.15) is 0 Å². The van der Waals surface area contributed by atoms with Gasteiger partial charge in [0.15, 0.2) is 11.5 Å². The number of carbonyl (C=O) groups is 1. The van der Waals surface area contributed by atoms with Crippen LogP contribution in [0.2, 0.25) is 0 Å². The summed E-state index contributed by atoms with van der Waals surface area (Å²) in [7, 11) is 4.66. The number of hydrogen-bond donors (Lipinski definition) is 1. The fourth-order valence-electron chi connectivity index (χ4n) is 3.55. The average molecular weight is 427 g/mol. The molecule has 0 saturated carbocycles. The third-order valence-corrected chi connectivity index (χ3v) is 5.09. The molecule has 0 aliphatic carbocycles. The molecule has 0 bridgehead atoms. The SMILES string of the molecule is COc1cc(/C=C/C(=O)NCc2cc(C)nc(N3CCCCC3)n2)cc(OC)c1OC. The van der Waals surface area contributed by atoms with Crippen LogP contribution < -0.4 is 24.4 Å². The van der Waals surface area contributed by atoms with Crippen LogP contribution in [0.25, 0.3) is 6.08 Å². The molecule has 1 aliphatic rings.